The number of nitrogens with zero attached hydrogens (tertiary/aromatic N) is 3. The second-order valence-corrected chi connectivity index (χ2v) is 9.38. The molecule has 0 unspecified atom stereocenters. The van der Waals surface area contributed by atoms with Crippen LogP contribution in [0.1, 0.15) is 0 Å². The Kier molecular flexibility index (Phi) is 4.11. The van der Waals surface area contributed by atoms with Gasteiger partial charge in [-0.05, 0) is 59.0 Å². The van der Waals surface area contributed by atoms with Crippen molar-refractivity contribution >= 4 is 66.2 Å². The molecule has 0 amide bonds. The van der Waals surface area contributed by atoms with Crippen molar-refractivity contribution in [1.82, 2.24) is 14.1 Å². The average molecular weight is 535 g/mol. The predicted octanol–water partition coefficient (Wildman–Crippen LogP) is 7.88. The van der Waals surface area contributed by atoms with Gasteiger partial charge in [0.2, 0.25) is 0 Å². The Hall–Kier alpha value is -3.64. The standard InChI is InChI=1S/C29H18IN3/c30-23-17-18-28(32-24-13-5-1-9-19(24)20-10-2-6-14-25(20)32)31-29(23)33-26-15-7-3-11-21(26)22-12-4-8-16-27(22)33/h1-18H. The molecule has 7 aromatic rings. The number of fused-ring (bicyclic) bond motifs is 6. The second kappa shape index (κ2) is 7.18. The Morgan fingerprint density at radius 1 is 0.455 bits per heavy atom. The highest BCUT2D eigenvalue weighted by Gasteiger charge is 2.17. The monoisotopic (exact) mass is 535 g/mol. The zero-order valence-corrected chi connectivity index (χ0v) is 19.8. The van der Waals surface area contributed by atoms with E-state index in [0.29, 0.717) is 0 Å². The summed E-state index contributed by atoms with van der Waals surface area (Å²) in [5.41, 5.74) is 4.67. The van der Waals surface area contributed by atoms with E-state index in [9.17, 15) is 0 Å². The molecular formula is C29H18IN3. The van der Waals surface area contributed by atoms with Crippen LogP contribution in [0.4, 0.5) is 0 Å². The van der Waals surface area contributed by atoms with Gasteiger partial charge in [-0.2, -0.15) is 0 Å². The third kappa shape index (κ3) is 2.70. The molecule has 0 radical (unpaired) electrons. The number of benzene rings is 4. The summed E-state index contributed by atoms with van der Waals surface area (Å²) in [6.07, 6.45) is 0. The summed E-state index contributed by atoms with van der Waals surface area (Å²) in [5, 5.41) is 4.97. The van der Waals surface area contributed by atoms with Crippen molar-refractivity contribution in [2.45, 2.75) is 0 Å². The Morgan fingerprint density at radius 3 is 1.30 bits per heavy atom. The number of hydrogen-bond donors (Lipinski definition) is 0. The third-order valence-corrected chi connectivity index (χ3v) is 7.26. The molecule has 4 heteroatoms. The largest absolute Gasteiger partial charge is 0.294 e. The van der Waals surface area contributed by atoms with Gasteiger partial charge in [-0.1, -0.05) is 72.8 Å². The van der Waals surface area contributed by atoms with Crippen molar-refractivity contribution in [2.75, 3.05) is 0 Å². The molecule has 0 aliphatic rings. The van der Waals surface area contributed by atoms with E-state index in [4.69, 9.17) is 4.98 Å². The molecule has 0 saturated carbocycles. The molecule has 33 heavy (non-hydrogen) atoms. The highest BCUT2D eigenvalue weighted by atomic mass is 127. The lowest BCUT2D eigenvalue weighted by atomic mass is 10.2. The van der Waals surface area contributed by atoms with Crippen molar-refractivity contribution in [3.63, 3.8) is 0 Å². The number of rotatable bonds is 2. The topological polar surface area (TPSA) is 22.8 Å². The summed E-state index contributed by atoms with van der Waals surface area (Å²) in [6.45, 7) is 0. The molecular weight excluding hydrogens is 517 g/mol. The molecule has 0 saturated heterocycles. The molecule has 4 aromatic carbocycles. The van der Waals surface area contributed by atoms with Gasteiger partial charge in [-0.15, -0.1) is 0 Å². The van der Waals surface area contributed by atoms with Crippen molar-refractivity contribution in [3.8, 4) is 11.6 Å². The highest BCUT2D eigenvalue weighted by Crippen LogP contribution is 2.35. The van der Waals surface area contributed by atoms with E-state index in [1.807, 2.05) is 0 Å². The van der Waals surface area contributed by atoms with Crippen LogP contribution in [0.5, 0.6) is 0 Å². The summed E-state index contributed by atoms with van der Waals surface area (Å²) in [5.74, 6) is 1.87. The van der Waals surface area contributed by atoms with Crippen LogP contribution in [-0.4, -0.2) is 14.1 Å². The number of pyridine rings is 1. The zero-order chi connectivity index (χ0) is 21.9. The minimum atomic E-state index is 0.921. The molecule has 3 nitrogen and oxygen atoms in total. The van der Waals surface area contributed by atoms with Crippen LogP contribution in [0.25, 0.3) is 55.2 Å². The Bertz CT molecular complexity index is 1730. The quantitative estimate of drug-likeness (QED) is 0.207. The van der Waals surface area contributed by atoms with Crippen LogP contribution < -0.4 is 0 Å². The number of para-hydroxylation sites is 4. The van der Waals surface area contributed by atoms with Gasteiger partial charge in [0.1, 0.15) is 5.82 Å². The molecule has 0 fully saturated rings. The molecule has 0 aliphatic carbocycles. The van der Waals surface area contributed by atoms with E-state index in [0.717, 1.165) is 15.2 Å². The average Bonchev–Trinajstić information content (AvgIpc) is 3.38. The van der Waals surface area contributed by atoms with Crippen LogP contribution >= 0.6 is 22.6 Å². The summed E-state index contributed by atoms with van der Waals surface area (Å²) in [6, 6.07) is 38.6. The highest BCUT2D eigenvalue weighted by molar-refractivity contribution is 14.1. The van der Waals surface area contributed by atoms with Crippen molar-refractivity contribution < 1.29 is 0 Å². The number of aromatic nitrogens is 3. The second-order valence-electron chi connectivity index (χ2n) is 8.21. The SMILES string of the molecule is Ic1ccc(-n2c3ccccc3c3ccccc32)nc1-n1c2ccccc2c2ccccc21. The minimum absolute atomic E-state index is 0.921. The van der Waals surface area contributed by atoms with Crippen LogP contribution in [0.3, 0.4) is 0 Å². The zero-order valence-electron chi connectivity index (χ0n) is 17.6. The Labute approximate surface area is 204 Å². The van der Waals surface area contributed by atoms with Crippen LogP contribution in [-0.2, 0) is 0 Å². The van der Waals surface area contributed by atoms with Crippen LogP contribution in [0.15, 0.2) is 109 Å². The van der Waals surface area contributed by atoms with Gasteiger partial charge in [0.15, 0.2) is 5.82 Å². The molecule has 3 aromatic heterocycles. The molecule has 0 atom stereocenters. The lowest BCUT2D eigenvalue weighted by molar-refractivity contribution is 1.00. The lowest BCUT2D eigenvalue weighted by Gasteiger charge is -2.13. The van der Waals surface area contributed by atoms with Gasteiger partial charge >= 0.3 is 0 Å². The van der Waals surface area contributed by atoms with E-state index in [2.05, 4.69) is 141 Å². The first kappa shape index (κ1) is 18.9. The van der Waals surface area contributed by atoms with Crippen molar-refractivity contribution in [1.29, 1.82) is 0 Å². The van der Waals surface area contributed by atoms with Gasteiger partial charge < -0.3 is 0 Å². The minimum Gasteiger partial charge on any atom is -0.294 e. The van der Waals surface area contributed by atoms with Gasteiger partial charge in [-0.3, -0.25) is 9.13 Å². The van der Waals surface area contributed by atoms with Crippen LogP contribution in [0, 0.1) is 3.57 Å². The Morgan fingerprint density at radius 2 is 0.848 bits per heavy atom. The van der Waals surface area contributed by atoms with E-state index in [1.165, 1.54) is 43.6 Å². The van der Waals surface area contributed by atoms with Gasteiger partial charge in [-0.25, -0.2) is 4.98 Å². The normalized spacial score (nSPS) is 11.8. The van der Waals surface area contributed by atoms with E-state index >= 15 is 0 Å². The van der Waals surface area contributed by atoms with Crippen molar-refractivity contribution in [2.24, 2.45) is 0 Å². The molecule has 0 aliphatic heterocycles. The first-order valence-electron chi connectivity index (χ1n) is 10.9. The van der Waals surface area contributed by atoms with Gasteiger partial charge in [0.25, 0.3) is 0 Å². The first-order chi connectivity index (χ1) is 16.3. The summed E-state index contributed by atoms with van der Waals surface area (Å²) >= 11 is 2.40. The summed E-state index contributed by atoms with van der Waals surface area (Å²) < 4.78 is 5.69. The fourth-order valence-electron chi connectivity index (χ4n) is 5.02. The van der Waals surface area contributed by atoms with Crippen LogP contribution in [0.2, 0.25) is 0 Å². The Balaban J connectivity index is 1.58. The first-order valence-corrected chi connectivity index (χ1v) is 12.0. The molecule has 0 spiro atoms. The maximum absolute atomic E-state index is 5.28. The fourth-order valence-corrected chi connectivity index (χ4v) is 5.56. The predicted molar refractivity (Wildman–Crippen MR) is 146 cm³/mol. The molecule has 7 rings (SSSR count). The smallest absolute Gasteiger partial charge is 0.153 e. The molecule has 0 N–H and O–H groups in total. The van der Waals surface area contributed by atoms with Crippen molar-refractivity contribution in [3.05, 3.63) is 113 Å². The maximum atomic E-state index is 5.28. The number of halogens is 1. The van der Waals surface area contributed by atoms with Gasteiger partial charge in [0, 0.05) is 21.5 Å². The lowest BCUT2D eigenvalue weighted by Crippen LogP contribution is -2.05. The number of hydrogen-bond acceptors (Lipinski definition) is 1. The molecule has 156 valence electrons. The summed E-state index contributed by atoms with van der Waals surface area (Å²) in [4.78, 5) is 5.28. The molecule has 0 bridgehead atoms. The van der Waals surface area contributed by atoms with E-state index in [1.54, 1.807) is 0 Å². The van der Waals surface area contributed by atoms with E-state index < -0.39 is 0 Å². The molecule has 3 heterocycles. The third-order valence-electron chi connectivity index (χ3n) is 6.41. The fraction of sp³-hybridized carbons (Fsp3) is 0. The van der Waals surface area contributed by atoms with Gasteiger partial charge in [0.05, 0.1) is 25.6 Å². The van der Waals surface area contributed by atoms with E-state index in [-0.39, 0.29) is 0 Å². The maximum Gasteiger partial charge on any atom is 0.153 e. The summed E-state index contributed by atoms with van der Waals surface area (Å²) in [7, 11) is 0.